The van der Waals surface area contributed by atoms with Crippen molar-refractivity contribution in [3.8, 4) is 5.88 Å². The van der Waals surface area contributed by atoms with Crippen molar-refractivity contribution in [2.24, 2.45) is 5.92 Å². The molecule has 164 valence electrons. The molecule has 1 amide bonds. The lowest BCUT2D eigenvalue weighted by Gasteiger charge is -2.17. The Bertz CT molecular complexity index is 1090. The van der Waals surface area contributed by atoms with E-state index in [2.05, 4.69) is 53.6 Å². The van der Waals surface area contributed by atoms with Crippen molar-refractivity contribution in [1.29, 1.82) is 0 Å². The number of nitrogens with zero attached hydrogens (tertiary/aromatic N) is 4. The topological polar surface area (TPSA) is 72.3 Å². The monoisotopic (exact) mass is 439 g/mol. The molecule has 3 aromatic rings. The summed E-state index contributed by atoms with van der Waals surface area (Å²) in [5, 5.41) is 5.11. The number of carbonyl (C=O) groups is 1. The van der Waals surface area contributed by atoms with Crippen LogP contribution in [0.15, 0.2) is 37.2 Å². The maximum Gasteiger partial charge on any atom is 0.246 e. The summed E-state index contributed by atoms with van der Waals surface area (Å²) in [6.07, 6.45) is 7.09. The van der Waals surface area contributed by atoms with Gasteiger partial charge in [0.15, 0.2) is 5.13 Å². The standard InChI is InChI=1S/C23H29N5O2S/c1-5-21(29)28-10-7-17(14-28)30-22-18-8-11-27(9-6-15(2)3)19(18)12-20(25-22)26-23-24-13-16(4)31-23/h5,8,11-13,15,17H,1,6-7,9-10,14H2,2-4H3,(H,24,25,26)/t17-/m0/s1. The average Bonchev–Trinajstić information content (AvgIpc) is 3.46. The number of thiazole rings is 1. The maximum absolute atomic E-state index is 11.9. The Morgan fingerprint density at radius 1 is 1.48 bits per heavy atom. The predicted octanol–water partition coefficient (Wildman–Crippen LogP) is 4.76. The summed E-state index contributed by atoms with van der Waals surface area (Å²) in [5.74, 6) is 1.87. The van der Waals surface area contributed by atoms with Crippen LogP contribution >= 0.6 is 11.3 Å². The van der Waals surface area contributed by atoms with Crippen LogP contribution in [-0.4, -0.2) is 44.5 Å². The summed E-state index contributed by atoms with van der Waals surface area (Å²) in [6, 6.07) is 4.12. The number of rotatable bonds is 8. The van der Waals surface area contributed by atoms with E-state index in [4.69, 9.17) is 9.72 Å². The SMILES string of the molecule is C=CC(=O)N1CC[C@H](Oc2nc(Nc3ncc(C)s3)cc3c2ccn3CCC(C)C)C1. The fraction of sp³-hybridized carbons (Fsp3) is 0.435. The molecule has 0 unspecified atom stereocenters. The summed E-state index contributed by atoms with van der Waals surface area (Å²) >= 11 is 1.59. The number of fused-ring (bicyclic) bond motifs is 1. The third-order valence-corrected chi connectivity index (χ3v) is 6.27. The van der Waals surface area contributed by atoms with Gasteiger partial charge in [0, 0.05) is 42.8 Å². The molecule has 4 heterocycles. The normalized spacial score (nSPS) is 16.3. The van der Waals surface area contributed by atoms with Crippen LogP contribution in [0.4, 0.5) is 10.9 Å². The molecule has 0 aromatic carbocycles. The zero-order valence-corrected chi connectivity index (χ0v) is 19.1. The number of amides is 1. The molecule has 0 bridgehead atoms. The van der Waals surface area contributed by atoms with Gasteiger partial charge in [0.25, 0.3) is 0 Å². The molecule has 4 rings (SSSR count). The molecular weight excluding hydrogens is 410 g/mol. The largest absolute Gasteiger partial charge is 0.472 e. The molecule has 1 fully saturated rings. The lowest BCUT2D eigenvalue weighted by molar-refractivity contribution is -0.125. The fourth-order valence-corrected chi connectivity index (χ4v) is 4.41. The van der Waals surface area contributed by atoms with Crippen molar-refractivity contribution < 1.29 is 9.53 Å². The highest BCUT2D eigenvalue weighted by molar-refractivity contribution is 7.15. The van der Waals surface area contributed by atoms with E-state index in [1.54, 1.807) is 16.2 Å². The summed E-state index contributed by atoms with van der Waals surface area (Å²) in [7, 11) is 0. The third kappa shape index (κ3) is 4.90. The van der Waals surface area contributed by atoms with Crippen LogP contribution in [0, 0.1) is 12.8 Å². The Labute approximate surface area is 186 Å². The van der Waals surface area contributed by atoms with Crippen LogP contribution in [0.3, 0.4) is 0 Å². The number of anilines is 2. The van der Waals surface area contributed by atoms with Gasteiger partial charge in [-0.2, -0.15) is 4.98 Å². The van der Waals surface area contributed by atoms with Crippen molar-refractivity contribution in [2.75, 3.05) is 18.4 Å². The molecule has 0 aliphatic carbocycles. The minimum absolute atomic E-state index is 0.0569. The number of aromatic nitrogens is 3. The van der Waals surface area contributed by atoms with Crippen molar-refractivity contribution >= 4 is 39.1 Å². The van der Waals surface area contributed by atoms with Gasteiger partial charge in [-0.3, -0.25) is 4.79 Å². The number of aryl methyl sites for hydroxylation is 2. The first kappa shape index (κ1) is 21.4. The maximum atomic E-state index is 11.9. The zero-order valence-electron chi connectivity index (χ0n) is 18.3. The Kier molecular flexibility index (Phi) is 6.27. The molecule has 1 N–H and O–H groups in total. The van der Waals surface area contributed by atoms with E-state index in [9.17, 15) is 4.79 Å². The highest BCUT2D eigenvalue weighted by Gasteiger charge is 2.27. The molecule has 3 aromatic heterocycles. The van der Waals surface area contributed by atoms with Gasteiger partial charge in [0.2, 0.25) is 11.8 Å². The fourth-order valence-electron chi connectivity index (χ4n) is 3.74. The molecule has 1 aliphatic heterocycles. The number of nitrogens with one attached hydrogen (secondary N) is 1. The number of likely N-dealkylation sites (tertiary alicyclic amines) is 1. The Hall–Kier alpha value is -2.87. The molecule has 1 aliphatic rings. The second kappa shape index (κ2) is 9.09. The quantitative estimate of drug-likeness (QED) is 0.513. The zero-order chi connectivity index (χ0) is 22.0. The summed E-state index contributed by atoms with van der Waals surface area (Å²) in [5.41, 5.74) is 1.08. The smallest absolute Gasteiger partial charge is 0.246 e. The van der Waals surface area contributed by atoms with E-state index in [0.29, 0.717) is 30.7 Å². The lowest BCUT2D eigenvalue weighted by Crippen LogP contribution is -2.29. The first-order chi connectivity index (χ1) is 14.9. The van der Waals surface area contributed by atoms with E-state index in [-0.39, 0.29) is 12.0 Å². The number of hydrogen-bond donors (Lipinski definition) is 1. The van der Waals surface area contributed by atoms with E-state index >= 15 is 0 Å². The van der Waals surface area contributed by atoms with Crippen LogP contribution in [0.1, 0.15) is 31.6 Å². The van der Waals surface area contributed by atoms with Crippen LogP contribution < -0.4 is 10.1 Å². The highest BCUT2D eigenvalue weighted by Crippen LogP contribution is 2.32. The Morgan fingerprint density at radius 3 is 3.03 bits per heavy atom. The average molecular weight is 440 g/mol. The molecule has 0 spiro atoms. The van der Waals surface area contributed by atoms with Crippen LogP contribution in [0.25, 0.3) is 10.9 Å². The minimum atomic E-state index is -0.0871. The summed E-state index contributed by atoms with van der Waals surface area (Å²) in [6.45, 7) is 12.2. The van der Waals surface area contributed by atoms with Gasteiger partial charge in [0.1, 0.15) is 11.9 Å². The molecular formula is C23H29N5O2S. The van der Waals surface area contributed by atoms with Gasteiger partial charge in [-0.25, -0.2) is 4.98 Å². The van der Waals surface area contributed by atoms with Gasteiger partial charge < -0.3 is 19.5 Å². The van der Waals surface area contributed by atoms with Gasteiger partial charge >= 0.3 is 0 Å². The summed E-state index contributed by atoms with van der Waals surface area (Å²) in [4.78, 5) is 24.0. The second-order valence-corrected chi connectivity index (χ2v) is 9.59. The van der Waals surface area contributed by atoms with Crippen molar-refractivity contribution in [1.82, 2.24) is 19.4 Å². The highest BCUT2D eigenvalue weighted by atomic mass is 32.1. The first-order valence-corrected chi connectivity index (χ1v) is 11.5. The van der Waals surface area contributed by atoms with Crippen LogP contribution in [0.2, 0.25) is 0 Å². The molecule has 31 heavy (non-hydrogen) atoms. The number of pyridine rings is 1. The minimum Gasteiger partial charge on any atom is -0.472 e. The molecule has 1 saturated heterocycles. The van der Waals surface area contributed by atoms with Gasteiger partial charge in [-0.15, -0.1) is 11.3 Å². The van der Waals surface area contributed by atoms with E-state index in [1.165, 1.54) is 6.08 Å². The van der Waals surface area contributed by atoms with Crippen LogP contribution in [0.5, 0.6) is 5.88 Å². The van der Waals surface area contributed by atoms with E-state index < -0.39 is 0 Å². The van der Waals surface area contributed by atoms with E-state index in [1.807, 2.05) is 13.1 Å². The van der Waals surface area contributed by atoms with Gasteiger partial charge in [-0.05, 0) is 31.4 Å². The second-order valence-electron chi connectivity index (χ2n) is 8.36. The molecule has 0 saturated carbocycles. The van der Waals surface area contributed by atoms with Gasteiger partial charge in [-0.1, -0.05) is 20.4 Å². The predicted molar refractivity (Wildman–Crippen MR) is 125 cm³/mol. The lowest BCUT2D eigenvalue weighted by atomic mass is 10.1. The molecule has 0 radical (unpaired) electrons. The van der Waals surface area contributed by atoms with Crippen molar-refractivity contribution in [3.05, 3.63) is 42.1 Å². The van der Waals surface area contributed by atoms with Crippen LogP contribution in [-0.2, 0) is 11.3 Å². The molecule has 1 atom stereocenters. The van der Waals surface area contributed by atoms with Crippen molar-refractivity contribution in [3.63, 3.8) is 0 Å². The third-order valence-electron chi connectivity index (χ3n) is 5.45. The number of ether oxygens (including phenoxy) is 1. The first-order valence-electron chi connectivity index (χ1n) is 10.7. The van der Waals surface area contributed by atoms with Crippen molar-refractivity contribution in [2.45, 2.75) is 46.3 Å². The van der Waals surface area contributed by atoms with E-state index in [0.717, 1.165) is 40.3 Å². The molecule has 7 nitrogen and oxygen atoms in total. The number of carbonyl (C=O) groups excluding carboxylic acids is 1. The number of hydrogen-bond acceptors (Lipinski definition) is 6. The Morgan fingerprint density at radius 2 is 2.32 bits per heavy atom. The Balaban J connectivity index is 1.63. The molecule has 8 heteroatoms. The summed E-state index contributed by atoms with van der Waals surface area (Å²) < 4.78 is 8.58. The van der Waals surface area contributed by atoms with Gasteiger partial charge in [0.05, 0.1) is 17.4 Å².